The lowest BCUT2D eigenvalue weighted by Gasteiger charge is -2.24. The van der Waals surface area contributed by atoms with Crippen LogP contribution in [0.1, 0.15) is 29.3 Å². The Morgan fingerprint density at radius 3 is 2.88 bits per heavy atom. The zero-order valence-corrected chi connectivity index (χ0v) is 14.6. The summed E-state index contributed by atoms with van der Waals surface area (Å²) in [6.45, 7) is 3.66. The van der Waals surface area contributed by atoms with Gasteiger partial charge < -0.3 is 15.0 Å². The number of anilines is 1. The van der Waals surface area contributed by atoms with Crippen molar-refractivity contribution in [3.05, 3.63) is 59.4 Å². The number of carbonyl (C=O) groups is 1. The number of ether oxygens (including phenoxy) is 1. The Bertz CT molecular complexity index is 763. The minimum atomic E-state index is -0.530. The molecule has 0 fully saturated rings. The number of hydrogen-bond donors (Lipinski definition) is 1. The van der Waals surface area contributed by atoms with Crippen LogP contribution in [0.25, 0.3) is 0 Å². The van der Waals surface area contributed by atoms with Gasteiger partial charge in [0.25, 0.3) is 5.91 Å². The molecule has 0 aromatic heterocycles. The van der Waals surface area contributed by atoms with Crippen LogP contribution in [-0.2, 0) is 6.42 Å². The molecule has 2 aromatic carbocycles. The quantitative estimate of drug-likeness (QED) is 0.818. The monoisotopic (exact) mass is 342 g/mol. The normalized spacial score (nSPS) is 15.8. The second-order valence-electron chi connectivity index (χ2n) is 6.33. The summed E-state index contributed by atoms with van der Waals surface area (Å²) in [5.41, 5.74) is 2.98. The number of halogens is 1. The van der Waals surface area contributed by atoms with Crippen LogP contribution in [0.15, 0.2) is 42.5 Å². The van der Waals surface area contributed by atoms with E-state index in [1.54, 1.807) is 6.07 Å². The Kier molecular flexibility index (Phi) is 5.22. The summed E-state index contributed by atoms with van der Waals surface area (Å²) in [5, 5.41) is 2.85. The molecule has 1 N–H and O–H groups in total. The molecule has 1 heterocycles. The number of fused-ring (bicyclic) bond motifs is 1. The van der Waals surface area contributed by atoms with Gasteiger partial charge >= 0.3 is 0 Å². The summed E-state index contributed by atoms with van der Waals surface area (Å²) in [4.78, 5) is 14.5. The van der Waals surface area contributed by atoms with Crippen molar-refractivity contribution in [3.8, 4) is 5.75 Å². The molecule has 0 bridgehead atoms. The molecule has 2 aromatic rings. The van der Waals surface area contributed by atoms with E-state index in [2.05, 4.69) is 41.4 Å². The second-order valence-corrected chi connectivity index (χ2v) is 6.33. The maximum absolute atomic E-state index is 13.7. The Labute approximate surface area is 147 Å². The van der Waals surface area contributed by atoms with Gasteiger partial charge in [0.1, 0.15) is 0 Å². The number of hydrogen-bond acceptors (Lipinski definition) is 3. The Morgan fingerprint density at radius 1 is 1.32 bits per heavy atom. The van der Waals surface area contributed by atoms with E-state index >= 15 is 0 Å². The first-order chi connectivity index (χ1) is 12.1. The van der Waals surface area contributed by atoms with Gasteiger partial charge in [-0.05, 0) is 49.6 Å². The minimum absolute atomic E-state index is 0.137. The molecule has 1 amide bonds. The molecule has 0 spiro atoms. The van der Waals surface area contributed by atoms with Gasteiger partial charge in [0.15, 0.2) is 11.6 Å². The second kappa shape index (κ2) is 7.55. The van der Waals surface area contributed by atoms with Gasteiger partial charge in [0.05, 0.1) is 7.11 Å². The third kappa shape index (κ3) is 3.76. The maximum atomic E-state index is 13.7. The largest absolute Gasteiger partial charge is 0.494 e. The van der Waals surface area contributed by atoms with Gasteiger partial charge in [-0.2, -0.15) is 0 Å². The highest BCUT2D eigenvalue weighted by Crippen LogP contribution is 2.31. The molecule has 0 radical (unpaired) electrons. The van der Waals surface area contributed by atoms with Crippen LogP contribution in [0.4, 0.5) is 10.1 Å². The fraction of sp³-hybridized carbons (Fsp3) is 0.350. The molecule has 132 valence electrons. The van der Waals surface area contributed by atoms with Crippen LogP contribution in [0.3, 0.4) is 0 Å². The maximum Gasteiger partial charge on any atom is 0.251 e. The zero-order chi connectivity index (χ0) is 17.8. The van der Waals surface area contributed by atoms with Crippen molar-refractivity contribution >= 4 is 11.6 Å². The van der Waals surface area contributed by atoms with E-state index in [4.69, 9.17) is 4.74 Å². The number of nitrogens with zero attached hydrogens (tertiary/aromatic N) is 1. The van der Waals surface area contributed by atoms with Crippen molar-refractivity contribution in [2.45, 2.75) is 25.8 Å². The minimum Gasteiger partial charge on any atom is -0.494 e. The summed E-state index contributed by atoms with van der Waals surface area (Å²) in [6.07, 6.45) is 1.90. The molecule has 0 saturated heterocycles. The first-order valence-corrected chi connectivity index (χ1v) is 8.56. The number of methoxy groups -OCH3 is 1. The molecule has 0 saturated carbocycles. The summed E-state index contributed by atoms with van der Waals surface area (Å²) in [7, 11) is 1.40. The predicted octanol–water partition coefficient (Wildman–Crippen LogP) is 3.41. The smallest absolute Gasteiger partial charge is 0.251 e. The van der Waals surface area contributed by atoms with Gasteiger partial charge in [-0.15, -0.1) is 0 Å². The summed E-state index contributed by atoms with van der Waals surface area (Å²) in [5.74, 6) is -0.660. The standard InChI is InChI=1S/C20H23FN2O2/c1-14-12-15-6-3-4-7-18(15)23(14)11-5-10-22-20(24)16-8-9-19(25-2)17(21)13-16/h3-4,6-9,13-14H,5,10-12H2,1-2H3,(H,22,24). The van der Waals surface area contributed by atoms with Crippen LogP contribution in [0.2, 0.25) is 0 Å². The molecule has 1 unspecified atom stereocenters. The van der Waals surface area contributed by atoms with Gasteiger partial charge in [0, 0.05) is 30.4 Å². The predicted molar refractivity (Wildman–Crippen MR) is 96.9 cm³/mol. The first kappa shape index (κ1) is 17.3. The number of benzene rings is 2. The third-order valence-corrected chi connectivity index (χ3v) is 4.62. The van der Waals surface area contributed by atoms with Gasteiger partial charge in [-0.25, -0.2) is 4.39 Å². The van der Waals surface area contributed by atoms with Crippen LogP contribution in [-0.4, -0.2) is 32.1 Å². The molecule has 0 aliphatic carbocycles. The fourth-order valence-corrected chi connectivity index (χ4v) is 3.33. The molecule has 25 heavy (non-hydrogen) atoms. The van der Waals surface area contributed by atoms with Crippen LogP contribution in [0.5, 0.6) is 5.75 Å². The first-order valence-electron chi connectivity index (χ1n) is 8.56. The van der Waals surface area contributed by atoms with E-state index in [0.29, 0.717) is 18.2 Å². The van der Waals surface area contributed by atoms with Crippen LogP contribution >= 0.6 is 0 Å². The van der Waals surface area contributed by atoms with Crippen LogP contribution in [0, 0.1) is 5.82 Å². The summed E-state index contributed by atoms with van der Waals surface area (Å²) in [6, 6.07) is 13.2. The molecule has 5 heteroatoms. The number of amides is 1. The van der Waals surface area contributed by atoms with E-state index in [0.717, 1.165) is 19.4 Å². The highest BCUT2D eigenvalue weighted by atomic mass is 19.1. The molecule has 1 aliphatic heterocycles. The number of para-hydroxylation sites is 1. The van der Waals surface area contributed by atoms with Crippen molar-refractivity contribution in [1.29, 1.82) is 0 Å². The third-order valence-electron chi connectivity index (χ3n) is 4.62. The lowest BCUT2D eigenvalue weighted by Crippen LogP contribution is -2.33. The molecule has 4 nitrogen and oxygen atoms in total. The molecular formula is C20H23FN2O2. The lowest BCUT2D eigenvalue weighted by molar-refractivity contribution is 0.0953. The number of rotatable bonds is 6. The highest BCUT2D eigenvalue weighted by molar-refractivity contribution is 5.94. The molecule has 3 rings (SSSR count). The van der Waals surface area contributed by atoms with Crippen molar-refractivity contribution in [2.75, 3.05) is 25.1 Å². The zero-order valence-electron chi connectivity index (χ0n) is 14.6. The Hall–Kier alpha value is -2.56. The van der Waals surface area contributed by atoms with E-state index < -0.39 is 5.82 Å². The SMILES string of the molecule is COc1ccc(C(=O)NCCCN2c3ccccc3CC2C)cc1F. The average molecular weight is 342 g/mol. The van der Waals surface area contributed by atoms with Gasteiger partial charge in [-0.1, -0.05) is 18.2 Å². The lowest BCUT2D eigenvalue weighted by atomic mass is 10.1. The fourth-order valence-electron chi connectivity index (χ4n) is 3.33. The van der Waals surface area contributed by atoms with E-state index in [9.17, 15) is 9.18 Å². The van der Waals surface area contributed by atoms with E-state index in [1.165, 1.54) is 30.5 Å². The van der Waals surface area contributed by atoms with Gasteiger partial charge in [0.2, 0.25) is 0 Å². The van der Waals surface area contributed by atoms with Crippen molar-refractivity contribution in [3.63, 3.8) is 0 Å². The van der Waals surface area contributed by atoms with Crippen molar-refractivity contribution < 1.29 is 13.9 Å². The molecule has 1 atom stereocenters. The summed E-state index contributed by atoms with van der Waals surface area (Å²) >= 11 is 0. The van der Waals surface area contributed by atoms with Gasteiger partial charge in [-0.3, -0.25) is 4.79 Å². The van der Waals surface area contributed by atoms with Crippen LogP contribution < -0.4 is 15.0 Å². The van der Waals surface area contributed by atoms with E-state index in [-0.39, 0.29) is 11.7 Å². The Morgan fingerprint density at radius 2 is 2.12 bits per heavy atom. The number of carbonyl (C=O) groups excluding carboxylic acids is 1. The average Bonchev–Trinajstić information content (AvgIpc) is 2.93. The van der Waals surface area contributed by atoms with Crippen molar-refractivity contribution in [2.24, 2.45) is 0 Å². The number of nitrogens with one attached hydrogen (secondary N) is 1. The Balaban J connectivity index is 1.50. The molecular weight excluding hydrogens is 319 g/mol. The van der Waals surface area contributed by atoms with E-state index in [1.807, 2.05) is 0 Å². The molecule has 1 aliphatic rings. The van der Waals surface area contributed by atoms with Crippen molar-refractivity contribution in [1.82, 2.24) is 5.32 Å². The topological polar surface area (TPSA) is 41.6 Å². The summed E-state index contributed by atoms with van der Waals surface area (Å²) < 4.78 is 18.5. The highest BCUT2D eigenvalue weighted by Gasteiger charge is 2.24.